The number of carboxylic acid groups (broad SMARTS) is 1. The van der Waals surface area contributed by atoms with Gasteiger partial charge in [-0.25, -0.2) is 4.79 Å². The molecule has 0 aromatic heterocycles. The number of nitrogens with one attached hydrogen (secondary N) is 1. The van der Waals surface area contributed by atoms with Gasteiger partial charge in [0.25, 0.3) is 0 Å². The van der Waals surface area contributed by atoms with E-state index in [1.165, 1.54) is 6.08 Å². The van der Waals surface area contributed by atoms with Gasteiger partial charge in [0.15, 0.2) is 0 Å². The number of carboxylic acids is 1. The highest BCUT2D eigenvalue weighted by Gasteiger charge is 2.13. The molecular formula is C16H21NO4. The van der Waals surface area contributed by atoms with Crippen LogP contribution in [0.25, 0.3) is 6.08 Å². The number of carbonyl (C=O) groups excluding carboxylic acids is 1. The maximum absolute atomic E-state index is 11.8. The monoisotopic (exact) mass is 291 g/mol. The van der Waals surface area contributed by atoms with Gasteiger partial charge >= 0.3 is 5.97 Å². The third kappa shape index (κ3) is 6.72. The predicted octanol–water partition coefficient (Wildman–Crippen LogP) is 2.85. The van der Waals surface area contributed by atoms with Crippen LogP contribution in [-0.2, 0) is 14.3 Å². The zero-order chi connectivity index (χ0) is 16.0. The molecule has 0 heterocycles. The Morgan fingerprint density at radius 2 is 2.00 bits per heavy atom. The molecule has 0 fully saturated rings. The maximum atomic E-state index is 11.8. The second kappa shape index (κ2) is 7.04. The molecule has 0 saturated carbocycles. The topological polar surface area (TPSA) is 75.6 Å². The first kappa shape index (κ1) is 16.9. The molecule has 0 spiro atoms. The fourth-order valence-electron chi connectivity index (χ4n) is 1.51. The molecule has 0 atom stereocenters. The first-order valence-electron chi connectivity index (χ1n) is 6.63. The van der Waals surface area contributed by atoms with Gasteiger partial charge in [0, 0.05) is 11.8 Å². The third-order valence-corrected chi connectivity index (χ3v) is 2.59. The molecule has 1 aromatic rings. The van der Waals surface area contributed by atoms with E-state index in [9.17, 15) is 9.59 Å². The Bertz CT molecular complexity index is 556. The van der Waals surface area contributed by atoms with Crippen LogP contribution in [0.2, 0.25) is 0 Å². The highest BCUT2D eigenvalue weighted by molar-refractivity contribution is 5.93. The molecular weight excluding hydrogens is 270 g/mol. The Balaban J connectivity index is 2.76. The van der Waals surface area contributed by atoms with E-state index in [4.69, 9.17) is 9.84 Å². The number of ether oxygens (including phenoxy) is 1. The van der Waals surface area contributed by atoms with Gasteiger partial charge in [-0.05, 0) is 51.0 Å². The van der Waals surface area contributed by atoms with Crippen LogP contribution in [0.4, 0.5) is 5.69 Å². The van der Waals surface area contributed by atoms with Gasteiger partial charge in [-0.3, -0.25) is 4.79 Å². The third-order valence-electron chi connectivity index (χ3n) is 2.59. The second-order valence-corrected chi connectivity index (χ2v) is 5.70. The molecule has 0 saturated heterocycles. The highest BCUT2D eigenvalue weighted by Crippen LogP contribution is 2.18. The van der Waals surface area contributed by atoms with Crippen molar-refractivity contribution in [3.63, 3.8) is 0 Å². The first-order valence-corrected chi connectivity index (χ1v) is 6.63. The zero-order valence-electron chi connectivity index (χ0n) is 12.8. The van der Waals surface area contributed by atoms with Crippen LogP contribution in [0.1, 0.15) is 31.9 Å². The molecule has 2 N–H and O–H groups in total. The second-order valence-electron chi connectivity index (χ2n) is 5.70. The van der Waals surface area contributed by atoms with Crippen LogP contribution >= 0.6 is 0 Å². The zero-order valence-corrected chi connectivity index (χ0v) is 12.8. The van der Waals surface area contributed by atoms with Crippen molar-refractivity contribution < 1.29 is 19.4 Å². The lowest BCUT2D eigenvalue weighted by atomic mass is 10.1. The lowest BCUT2D eigenvalue weighted by Crippen LogP contribution is -2.27. The lowest BCUT2D eigenvalue weighted by molar-refractivity contribution is -0.131. The number of benzene rings is 1. The number of amides is 1. The number of hydrogen-bond acceptors (Lipinski definition) is 3. The number of carbonyl (C=O) groups is 2. The van der Waals surface area contributed by atoms with Crippen LogP contribution < -0.4 is 5.32 Å². The minimum absolute atomic E-state index is 0.0296. The Morgan fingerprint density at radius 1 is 1.33 bits per heavy atom. The van der Waals surface area contributed by atoms with Crippen molar-refractivity contribution in [3.05, 3.63) is 35.4 Å². The molecule has 5 heteroatoms. The minimum Gasteiger partial charge on any atom is -0.478 e. The Hall–Kier alpha value is -2.14. The van der Waals surface area contributed by atoms with Crippen LogP contribution in [0.5, 0.6) is 0 Å². The van der Waals surface area contributed by atoms with E-state index in [2.05, 4.69) is 5.32 Å². The van der Waals surface area contributed by atoms with Crippen molar-refractivity contribution in [2.75, 3.05) is 11.9 Å². The lowest BCUT2D eigenvalue weighted by Gasteiger charge is -2.19. The summed E-state index contributed by atoms with van der Waals surface area (Å²) in [5, 5.41) is 11.4. The number of aryl methyl sites for hydroxylation is 1. The molecule has 5 nitrogen and oxygen atoms in total. The fraction of sp³-hybridized carbons (Fsp3) is 0.375. The van der Waals surface area contributed by atoms with E-state index in [1.807, 2.05) is 33.8 Å². The van der Waals surface area contributed by atoms with Gasteiger partial charge in [0.1, 0.15) is 6.61 Å². The van der Waals surface area contributed by atoms with Gasteiger partial charge in [0.05, 0.1) is 5.60 Å². The summed E-state index contributed by atoms with van der Waals surface area (Å²) >= 11 is 0. The van der Waals surface area contributed by atoms with E-state index in [0.717, 1.165) is 11.6 Å². The Labute approximate surface area is 124 Å². The molecule has 0 bridgehead atoms. The number of rotatable bonds is 5. The maximum Gasteiger partial charge on any atom is 0.328 e. The molecule has 114 valence electrons. The average molecular weight is 291 g/mol. The molecule has 0 unspecified atom stereocenters. The van der Waals surface area contributed by atoms with E-state index >= 15 is 0 Å². The van der Waals surface area contributed by atoms with E-state index < -0.39 is 5.97 Å². The van der Waals surface area contributed by atoms with Gasteiger partial charge in [-0.1, -0.05) is 12.1 Å². The predicted molar refractivity (Wildman–Crippen MR) is 82.2 cm³/mol. The Morgan fingerprint density at radius 3 is 2.57 bits per heavy atom. The summed E-state index contributed by atoms with van der Waals surface area (Å²) in [5.74, 6) is -1.26. The molecule has 1 aromatic carbocycles. The quantitative estimate of drug-likeness (QED) is 0.818. The van der Waals surface area contributed by atoms with Gasteiger partial charge in [-0.15, -0.1) is 0 Å². The standard InChI is InChI=1S/C16H21NO4/c1-11-5-6-12(7-8-15(19)20)9-13(11)17-14(18)10-21-16(2,3)4/h5-9H,10H2,1-4H3,(H,17,18)(H,19,20)/b8-7+. The van der Waals surface area contributed by atoms with Crippen LogP contribution in [-0.4, -0.2) is 29.2 Å². The summed E-state index contributed by atoms with van der Waals surface area (Å²) < 4.78 is 5.41. The van der Waals surface area contributed by atoms with Crippen LogP contribution in [0.15, 0.2) is 24.3 Å². The largest absolute Gasteiger partial charge is 0.478 e. The summed E-state index contributed by atoms with van der Waals surface area (Å²) in [6, 6.07) is 5.33. The molecule has 0 radical (unpaired) electrons. The van der Waals surface area contributed by atoms with E-state index in [1.54, 1.807) is 12.1 Å². The first-order chi connectivity index (χ1) is 9.67. The molecule has 0 aliphatic heterocycles. The van der Waals surface area contributed by atoms with Gasteiger partial charge in [0.2, 0.25) is 5.91 Å². The minimum atomic E-state index is -1.01. The van der Waals surface area contributed by atoms with Crippen LogP contribution in [0, 0.1) is 6.92 Å². The number of hydrogen-bond donors (Lipinski definition) is 2. The van der Waals surface area contributed by atoms with Crippen molar-refractivity contribution in [3.8, 4) is 0 Å². The molecule has 1 amide bonds. The van der Waals surface area contributed by atoms with Gasteiger partial charge < -0.3 is 15.2 Å². The number of anilines is 1. The van der Waals surface area contributed by atoms with Crippen molar-refractivity contribution in [1.29, 1.82) is 0 Å². The fourth-order valence-corrected chi connectivity index (χ4v) is 1.51. The van der Waals surface area contributed by atoms with Crippen molar-refractivity contribution in [1.82, 2.24) is 0 Å². The van der Waals surface area contributed by atoms with Crippen molar-refractivity contribution in [2.24, 2.45) is 0 Å². The van der Waals surface area contributed by atoms with E-state index in [0.29, 0.717) is 11.3 Å². The van der Waals surface area contributed by atoms with E-state index in [-0.39, 0.29) is 18.1 Å². The molecule has 0 aliphatic rings. The van der Waals surface area contributed by atoms with Crippen LogP contribution in [0.3, 0.4) is 0 Å². The summed E-state index contributed by atoms with van der Waals surface area (Å²) in [7, 11) is 0. The van der Waals surface area contributed by atoms with Gasteiger partial charge in [-0.2, -0.15) is 0 Å². The van der Waals surface area contributed by atoms with Crippen molar-refractivity contribution in [2.45, 2.75) is 33.3 Å². The summed E-state index contributed by atoms with van der Waals surface area (Å²) in [4.78, 5) is 22.3. The molecule has 0 aliphatic carbocycles. The highest BCUT2D eigenvalue weighted by atomic mass is 16.5. The average Bonchev–Trinajstić information content (AvgIpc) is 2.36. The normalized spacial score (nSPS) is 11.6. The summed E-state index contributed by atoms with van der Waals surface area (Å²) in [6.45, 7) is 7.47. The molecule has 21 heavy (non-hydrogen) atoms. The Kier molecular flexibility index (Phi) is 5.67. The smallest absolute Gasteiger partial charge is 0.328 e. The SMILES string of the molecule is Cc1ccc(/C=C/C(=O)O)cc1NC(=O)COC(C)(C)C. The summed E-state index contributed by atoms with van der Waals surface area (Å²) in [5.41, 5.74) is 1.87. The summed E-state index contributed by atoms with van der Waals surface area (Å²) in [6.07, 6.45) is 2.53. The van der Waals surface area contributed by atoms with Crippen molar-refractivity contribution >= 4 is 23.6 Å². The number of aliphatic carboxylic acids is 1. The molecule has 1 rings (SSSR count).